The van der Waals surface area contributed by atoms with Crippen molar-refractivity contribution < 1.29 is 17.5 Å². The highest BCUT2D eigenvalue weighted by Gasteiger charge is 2.25. The molecule has 1 aliphatic heterocycles. The zero-order chi connectivity index (χ0) is 14.8. The second-order valence-electron chi connectivity index (χ2n) is 6.00. The summed E-state index contributed by atoms with van der Waals surface area (Å²) >= 11 is 0. The number of unbranched alkanes of at least 4 members (excludes halogenated alkanes) is 5. The summed E-state index contributed by atoms with van der Waals surface area (Å²) < 4.78 is 27.2. The zero-order valence-electron chi connectivity index (χ0n) is 12.9. The molecule has 0 spiro atoms. The molecule has 1 N–H and O–H groups in total. The fourth-order valence-corrected chi connectivity index (χ4v) is 2.60. The van der Waals surface area contributed by atoms with Crippen LogP contribution in [-0.2, 0) is 10.1 Å². The minimum absolute atomic E-state index is 0.715. The normalized spacial score (nSPS) is 17.9. The molecule has 0 bridgehead atoms. The topological polar surface area (TPSA) is 54.4 Å². The summed E-state index contributed by atoms with van der Waals surface area (Å²) in [4.78, 5) is 0. The summed E-state index contributed by atoms with van der Waals surface area (Å²) in [5, 5.41) is 0. The third-order valence-corrected chi connectivity index (χ3v) is 3.70. The molecule has 0 saturated carbocycles. The minimum Gasteiger partial charge on any atom is -0.326 e. The lowest BCUT2D eigenvalue weighted by Gasteiger charge is -2.29. The van der Waals surface area contributed by atoms with E-state index in [1.807, 2.05) is 0 Å². The molecule has 0 aliphatic carbocycles. The van der Waals surface area contributed by atoms with Crippen molar-refractivity contribution in [1.82, 2.24) is 0 Å². The van der Waals surface area contributed by atoms with Gasteiger partial charge in [-0.2, -0.15) is 8.42 Å². The Morgan fingerprint density at radius 3 is 1.89 bits per heavy atom. The number of hydrogen-bond acceptors (Lipinski definition) is 2. The van der Waals surface area contributed by atoms with Crippen LogP contribution in [0.1, 0.15) is 58.3 Å². The molecule has 0 radical (unpaired) electrons. The van der Waals surface area contributed by atoms with Gasteiger partial charge in [0.25, 0.3) is 10.1 Å². The van der Waals surface area contributed by atoms with Crippen molar-refractivity contribution >= 4 is 10.1 Å². The van der Waals surface area contributed by atoms with Crippen molar-refractivity contribution in [3.8, 4) is 0 Å². The van der Waals surface area contributed by atoms with Crippen molar-refractivity contribution in [1.29, 1.82) is 0 Å². The third-order valence-electron chi connectivity index (χ3n) is 3.70. The fraction of sp³-hybridized carbons (Fsp3) is 1.00. The maximum atomic E-state index is 9.19. The van der Waals surface area contributed by atoms with Gasteiger partial charge in [0.15, 0.2) is 0 Å². The Balaban J connectivity index is 0.000000555. The molecule has 1 saturated heterocycles. The Labute approximate surface area is 119 Å². The van der Waals surface area contributed by atoms with E-state index in [9.17, 15) is 8.42 Å². The minimum atomic E-state index is -3.67. The van der Waals surface area contributed by atoms with E-state index in [0.29, 0.717) is 6.26 Å². The highest BCUT2D eigenvalue weighted by Crippen LogP contribution is 2.17. The maximum Gasteiger partial charge on any atom is 0.261 e. The molecule has 0 amide bonds. The number of nitrogens with zero attached hydrogens (tertiary/aromatic N) is 1. The SMILES string of the molecule is CCCCCCCC[N+]1(C)CCCC1.CS(=O)(=O)O. The third kappa shape index (κ3) is 14.1. The molecule has 19 heavy (non-hydrogen) atoms. The molecule has 1 rings (SSSR count). The summed E-state index contributed by atoms with van der Waals surface area (Å²) in [6.07, 6.45) is 12.3. The number of rotatable bonds is 7. The lowest BCUT2D eigenvalue weighted by atomic mass is 10.1. The van der Waals surface area contributed by atoms with E-state index in [1.54, 1.807) is 0 Å². The molecule has 1 fully saturated rings. The molecule has 0 aromatic rings. The molecule has 116 valence electrons. The summed E-state index contributed by atoms with van der Waals surface area (Å²) in [5.74, 6) is 0. The lowest BCUT2D eigenvalue weighted by molar-refractivity contribution is -0.897. The highest BCUT2D eigenvalue weighted by molar-refractivity contribution is 7.85. The predicted octanol–water partition coefficient (Wildman–Crippen LogP) is 3.09. The number of hydrogen-bond donors (Lipinski definition) is 1. The quantitative estimate of drug-likeness (QED) is 0.446. The average Bonchev–Trinajstić information content (AvgIpc) is 2.68. The standard InChI is InChI=1S/C13H28N.CH4O3S/c1-3-4-5-6-7-8-11-14(2)12-9-10-13-14;1-5(2,3)4/h3-13H2,1-2H3;1H3,(H,2,3,4)/q+1;. The van der Waals surface area contributed by atoms with E-state index in [1.165, 1.54) is 75.5 Å². The van der Waals surface area contributed by atoms with Crippen molar-refractivity contribution in [2.24, 2.45) is 0 Å². The van der Waals surface area contributed by atoms with Crippen LogP contribution < -0.4 is 0 Å². The van der Waals surface area contributed by atoms with Crippen LogP contribution in [0.15, 0.2) is 0 Å². The molecular formula is C14H32NO3S+. The molecule has 0 unspecified atom stereocenters. The van der Waals surface area contributed by atoms with Crippen molar-refractivity contribution in [3.63, 3.8) is 0 Å². The molecule has 0 aromatic carbocycles. The van der Waals surface area contributed by atoms with Crippen molar-refractivity contribution in [3.05, 3.63) is 0 Å². The monoisotopic (exact) mass is 294 g/mol. The first-order valence-corrected chi connectivity index (χ1v) is 9.38. The maximum absolute atomic E-state index is 9.19. The molecule has 1 heterocycles. The van der Waals surface area contributed by atoms with Gasteiger partial charge in [-0.05, 0) is 12.8 Å². The molecule has 4 nitrogen and oxygen atoms in total. The Hall–Kier alpha value is -0.130. The van der Waals surface area contributed by atoms with Crippen LogP contribution in [0.4, 0.5) is 0 Å². The van der Waals surface area contributed by atoms with E-state index < -0.39 is 10.1 Å². The first-order chi connectivity index (χ1) is 8.77. The van der Waals surface area contributed by atoms with Gasteiger partial charge < -0.3 is 4.48 Å². The van der Waals surface area contributed by atoms with E-state index in [-0.39, 0.29) is 0 Å². The Kier molecular flexibility index (Phi) is 9.66. The summed E-state index contributed by atoms with van der Waals surface area (Å²) in [6.45, 7) is 6.60. The Bertz CT molecular complexity index is 301. The molecule has 0 aromatic heterocycles. The Morgan fingerprint density at radius 1 is 1.00 bits per heavy atom. The van der Waals surface area contributed by atoms with Crippen molar-refractivity contribution in [2.45, 2.75) is 58.3 Å². The number of quaternary nitrogens is 1. The smallest absolute Gasteiger partial charge is 0.261 e. The molecular weight excluding hydrogens is 262 g/mol. The van der Waals surface area contributed by atoms with Gasteiger partial charge in [-0.3, -0.25) is 4.55 Å². The first kappa shape index (κ1) is 18.9. The Morgan fingerprint density at radius 2 is 1.42 bits per heavy atom. The van der Waals surface area contributed by atoms with E-state index >= 15 is 0 Å². The summed E-state index contributed by atoms with van der Waals surface area (Å²) in [6, 6.07) is 0. The van der Waals surface area contributed by atoms with Crippen LogP contribution >= 0.6 is 0 Å². The van der Waals surface area contributed by atoms with Crippen molar-refractivity contribution in [2.75, 3.05) is 32.9 Å². The van der Waals surface area contributed by atoms with E-state index in [2.05, 4.69) is 14.0 Å². The van der Waals surface area contributed by atoms with Crippen LogP contribution in [0.25, 0.3) is 0 Å². The molecule has 1 aliphatic rings. The van der Waals surface area contributed by atoms with Crippen LogP contribution in [-0.4, -0.2) is 50.4 Å². The summed E-state index contributed by atoms with van der Waals surface area (Å²) in [5.41, 5.74) is 0. The van der Waals surface area contributed by atoms with Gasteiger partial charge in [0, 0.05) is 12.8 Å². The lowest BCUT2D eigenvalue weighted by Crippen LogP contribution is -2.41. The zero-order valence-corrected chi connectivity index (χ0v) is 13.7. The molecule has 0 atom stereocenters. The van der Waals surface area contributed by atoms with Crippen LogP contribution in [0.2, 0.25) is 0 Å². The average molecular weight is 294 g/mol. The number of likely N-dealkylation sites (tertiary alicyclic amines) is 1. The largest absolute Gasteiger partial charge is 0.326 e. The van der Waals surface area contributed by atoms with Gasteiger partial charge in [-0.1, -0.05) is 32.6 Å². The predicted molar refractivity (Wildman–Crippen MR) is 80.9 cm³/mol. The van der Waals surface area contributed by atoms with Gasteiger partial charge in [0.1, 0.15) is 0 Å². The van der Waals surface area contributed by atoms with Gasteiger partial charge in [0.2, 0.25) is 0 Å². The molecule has 5 heteroatoms. The van der Waals surface area contributed by atoms with Gasteiger partial charge in [-0.15, -0.1) is 0 Å². The van der Waals surface area contributed by atoms with E-state index in [0.717, 1.165) is 0 Å². The van der Waals surface area contributed by atoms with Gasteiger partial charge in [-0.25, -0.2) is 0 Å². The first-order valence-electron chi connectivity index (χ1n) is 7.53. The van der Waals surface area contributed by atoms with Crippen LogP contribution in [0.5, 0.6) is 0 Å². The highest BCUT2D eigenvalue weighted by atomic mass is 32.2. The van der Waals surface area contributed by atoms with Crippen LogP contribution in [0, 0.1) is 0 Å². The second-order valence-corrected chi connectivity index (χ2v) is 7.46. The van der Waals surface area contributed by atoms with Crippen LogP contribution in [0.3, 0.4) is 0 Å². The van der Waals surface area contributed by atoms with Gasteiger partial charge in [0.05, 0.1) is 32.9 Å². The summed E-state index contributed by atoms with van der Waals surface area (Å²) in [7, 11) is -1.22. The fourth-order valence-electron chi connectivity index (χ4n) is 2.60. The van der Waals surface area contributed by atoms with E-state index in [4.69, 9.17) is 4.55 Å². The van der Waals surface area contributed by atoms with Gasteiger partial charge >= 0.3 is 0 Å². The second kappa shape index (κ2) is 9.72.